The van der Waals surface area contributed by atoms with E-state index in [1.54, 1.807) is 13.3 Å². The van der Waals surface area contributed by atoms with Crippen LogP contribution >= 0.6 is 0 Å². The molecule has 0 unspecified atom stereocenters. The Morgan fingerprint density at radius 1 is 1.03 bits per heavy atom. The summed E-state index contributed by atoms with van der Waals surface area (Å²) in [6.45, 7) is 2.30. The lowest BCUT2D eigenvalue weighted by molar-refractivity contribution is 0.177. The Hall–Kier alpha value is -3.78. The summed E-state index contributed by atoms with van der Waals surface area (Å²) in [7, 11) is 1.66. The molecule has 0 bridgehead atoms. The number of ether oxygens (including phenoxy) is 2. The second-order valence-corrected chi connectivity index (χ2v) is 6.38. The third-order valence-corrected chi connectivity index (χ3v) is 4.20. The Labute approximate surface area is 170 Å². The highest BCUT2D eigenvalue weighted by atomic mass is 16.6. The number of amides is 1. The van der Waals surface area contributed by atoms with E-state index in [0.717, 1.165) is 28.1 Å². The average Bonchev–Trinajstić information content (AvgIpc) is 3.21. The van der Waals surface area contributed by atoms with Crippen molar-refractivity contribution in [3.63, 3.8) is 0 Å². The number of nitrogens with one attached hydrogen (secondary N) is 1. The highest BCUT2D eigenvalue weighted by molar-refractivity contribution is 5.70. The van der Waals surface area contributed by atoms with Crippen molar-refractivity contribution < 1.29 is 14.3 Å². The smallest absolute Gasteiger partial charge is 0.407 e. The van der Waals surface area contributed by atoms with Crippen LogP contribution < -0.4 is 10.1 Å². The van der Waals surface area contributed by atoms with Crippen LogP contribution in [0.25, 0.3) is 0 Å². The molecule has 4 rings (SSSR count). The number of carbonyl (C=O) groups excluding carboxylic acids is 1. The summed E-state index contributed by atoms with van der Waals surface area (Å²) in [5.41, 5.74) is 3.74. The topological polar surface area (TPSA) is 60.5 Å². The van der Waals surface area contributed by atoms with Crippen LogP contribution in [0.2, 0.25) is 0 Å². The maximum Gasteiger partial charge on any atom is 0.407 e. The summed E-state index contributed by atoms with van der Waals surface area (Å²) in [5.74, 6) is 7.11. The van der Waals surface area contributed by atoms with Gasteiger partial charge in [-0.2, -0.15) is 0 Å². The molecule has 5 heteroatoms. The average molecular weight is 386 g/mol. The highest BCUT2D eigenvalue weighted by Gasteiger charge is 2.23. The second kappa shape index (κ2) is 9.95. The highest BCUT2D eigenvalue weighted by Crippen LogP contribution is 2.18. The SMILES string of the molecule is COc1ccccc1.Cc1ccc(C#Cc2cccc([C@@H]3COC(=O)N3)c2)cn1. The molecule has 3 aromatic rings. The van der Waals surface area contributed by atoms with Gasteiger partial charge in [-0.05, 0) is 48.9 Å². The fraction of sp³-hybridized carbons (Fsp3) is 0.167. The number of methoxy groups -OCH3 is 1. The molecule has 5 nitrogen and oxygen atoms in total. The van der Waals surface area contributed by atoms with E-state index >= 15 is 0 Å². The Bertz CT molecular complexity index is 1010. The number of aryl methyl sites for hydroxylation is 1. The van der Waals surface area contributed by atoms with Crippen molar-refractivity contribution in [2.45, 2.75) is 13.0 Å². The van der Waals surface area contributed by atoms with E-state index in [-0.39, 0.29) is 12.1 Å². The maximum atomic E-state index is 11.1. The number of alkyl carbamates (subject to hydrolysis) is 1. The molecule has 29 heavy (non-hydrogen) atoms. The molecule has 1 saturated heterocycles. The molecule has 0 radical (unpaired) electrons. The first-order valence-electron chi connectivity index (χ1n) is 9.21. The number of carbonyl (C=O) groups is 1. The van der Waals surface area contributed by atoms with Crippen molar-refractivity contribution >= 4 is 6.09 Å². The van der Waals surface area contributed by atoms with Crippen molar-refractivity contribution in [1.82, 2.24) is 10.3 Å². The fourth-order valence-electron chi connectivity index (χ4n) is 2.64. The first-order chi connectivity index (χ1) is 14.1. The molecule has 1 aliphatic heterocycles. The van der Waals surface area contributed by atoms with Crippen LogP contribution in [0.1, 0.15) is 28.4 Å². The molecule has 1 amide bonds. The standard InChI is InChI=1S/C17H14N2O2.C7H8O/c1-12-5-6-14(10-18-12)8-7-13-3-2-4-15(9-13)16-11-21-17(20)19-16;1-8-7-5-3-2-4-6-7/h2-6,9-10,16H,11H2,1H3,(H,19,20);2-6H,1H3/t16-;/m0./s1. The number of rotatable bonds is 2. The summed E-state index contributed by atoms with van der Waals surface area (Å²) in [5, 5.41) is 2.76. The Kier molecular flexibility index (Phi) is 6.85. The van der Waals surface area contributed by atoms with Crippen molar-refractivity contribution in [2.75, 3.05) is 13.7 Å². The summed E-state index contributed by atoms with van der Waals surface area (Å²) in [6, 6.07) is 21.3. The van der Waals surface area contributed by atoms with Gasteiger partial charge >= 0.3 is 6.09 Å². The zero-order valence-corrected chi connectivity index (χ0v) is 16.4. The molecule has 0 saturated carbocycles. The molecule has 1 atom stereocenters. The molecule has 0 spiro atoms. The predicted molar refractivity (Wildman–Crippen MR) is 112 cm³/mol. The third-order valence-electron chi connectivity index (χ3n) is 4.20. The van der Waals surface area contributed by atoms with Gasteiger partial charge in [0.1, 0.15) is 12.4 Å². The van der Waals surface area contributed by atoms with Gasteiger partial charge in [0.2, 0.25) is 0 Å². The van der Waals surface area contributed by atoms with E-state index in [2.05, 4.69) is 22.1 Å². The number of hydrogen-bond donors (Lipinski definition) is 1. The number of aromatic nitrogens is 1. The lowest BCUT2D eigenvalue weighted by Crippen LogP contribution is -2.18. The van der Waals surface area contributed by atoms with Crippen molar-refractivity contribution in [1.29, 1.82) is 0 Å². The first kappa shape index (κ1) is 20.0. The van der Waals surface area contributed by atoms with Crippen LogP contribution in [0.15, 0.2) is 72.9 Å². The van der Waals surface area contributed by atoms with E-state index in [1.165, 1.54) is 0 Å². The number of benzene rings is 2. The minimum Gasteiger partial charge on any atom is -0.497 e. The molecule has 1 fully saturated rings. The van der Waals surface area contributed by atoms with Gasteiger partial charge in [-0.15, -0.1) is 0 Å². The van der Waals surface area contributed by atoms with E-state index in [9.17, 15) is 4.79 Å². The molecule has 0 aliphatic carbocycles. The van der Waals surface area contributed by atoms with E-state index in [4.69, 9.17) is 9.47 Å². The molecule has 1 aliphatic rings. The molecular weight excluding hydrogens is 364 g/mol. The normalized spacial score (nSPS) is 14.4. The van der Waals surface area contributed by atoms with Crippen LogP contribution in [-0.4, -0.2) is 24.8 Å². The minimum absolute atomic E-state index is 0.0970. The molecular formula is C24H22N2O3. The predicted octanol–water partition coefficient (Wildman–Crippen LogP) is 4.27. The number of pyridine rings is 1. The number of hydrogen-bond acceptors (Lipinski definition) is 4. The Morgan fingerprint density at radius 3 is 2.45 bits per heavy atom. The van der Waals surface area contributed by atoms with Crippen LogP contribution in [-0.2, 0) is 4.74 Å². The van der Waals surface area contributed by atoms with Gasteiger partial charge in [-0.25, -0.2) is 4.79 Å². The largest absolute Gasteiger partial charge is 0.497 e. The van der Waals surface area contributed by atoms with Gasteiger partial charge in [-0.1, -0.05) is 42.2 Å². The summed E-state index contributed by atoms with van der Waals surface area (Å²) in [4.78, 5) is 15.3. The molecule has 2 heterocycles. The van der Waals surface area contributed by atoms with Gasteiger partial charge in [0, 0.05) is 23.0 Å². The van der Waals surface area contributed by atoms with E-state index in [0.29, 0.717) is 6.61 Å². The maximum absolute atomic E-state index is 11.1. The summed E-state index contributed by atoms with van der Waals surface area (Å²) in [6.07, 6.45) is 1.39. The Balaban J connectivity index is 0.000000252. The van der Waals surface area contributed by atoms with Crippen molar-refractivity contribution in [3.05, 3.63) is 95.3 Å². The number of cyclic esters (lactones) is 1. The number of para-hydroxylation sites is 1. The van der Waals surface area contributed by atoms with Gasteiger partial charge in [0.05, 0.1) is 13.2 Å². The van der Waals surface area contributed by atoms with Gasteiger partial charge in [-0.3, -0.25) is 4.98 Å². The lowest BCUT2D eigenvalue weighted by Gasteiger charge is -2.07. The molecule has 1 N–H and O–H groups in total. The van der Waals surface area contributed by atoms with Crippen LogP contribution in [0.5, 0.6) is 5.75 Å². The minimum atomic E-state index is -0.373. The third kappa shape index (κ3) is 6.12. The van der Waals surface area contributed by atoms with E-state index < -0.39 is 0 Å². The second-order valence-electron chi connectivity index (χ2n) is 6.38. The zero-order chi connectivity index (χ0) is 20.5. The zero-order valence-electron chi connectivity index (χ0n) is 16.4. The van der Waals surface area contributed by atoms with Crippen LogP contribution in [0.4, 0.5) is 4.79 Å². The number of nitrogens with zero attached hydrogens (tertiary/aromatic N) is 1. The first-order valence-corrected chi connectivity index (χ1v) is 9.21. The summed E-state index contributed by atoms with van der Waals surface area (Å²) < 4.78 is 9.82. The summed E-state index contributed by atoms with van der Waals surface area (Å²) >= 11 is 0. The van der Waals surface area contributed by atoms with E-state index in [1.807, 2.05) is 73.7 Å². The van der Waals surface area contributed by atoms with Gasteiger partial charge in [0.15, 0.2) is 0 Å². The molecule has 1 aromatic heterocycles. The van der Waals surface area contributed by atoms with Gasteiger partial charge in [0.25, 0.3) is 0 Å². The Morgan fingerprint density at radius 2 is 1.83 bits per heavy atom. The van der Waals surface area contributed by atoms with Crippen LogP contribution in [0.3, 0.4) is 0 Å². The molecule has 146 valence electrons. The fourth-order valence-corrected chi connectivity index (χ4v) is 2.64. The van der Waals surface area contributed by atoms with Gasteiger partial charge < -0.3 is 14.8 Å². The molecule has 2 aromatic carbocycles. The monoisotopic (exact) mass is 386 g/mol. The quantitative estimate of drug-likeness (QED) is 0.669. The van der Waals surface area contributed by atoms with Crippen LogP contribution in [0, 0.1) is 18.8 Å². The lowest BCUT2D eigenvalue weighted by atomic mass is 10.0. The van der Waals surface area contributed by atoms with Crippen molar-refractivity contribution in [3.8, 4) is 17.6 Å². The van der Waals surface area contributed by atoms with Crippen molar-refractivity contribution in [2.24, 2.45) is 0 Å².